The van der Waals surface area contributed by atoms with Gasteiger partial charge in [-0.05, 0) is 6.92 Å². The van der Waals surface area contributed by atoms with Crippen molar-refractivity contribution in [3.8, 4) is 0 Å². The van der Waals surface area contributed by atoms with Crippen LogP contribution in [0, 0.1) is 0 Å². The van der Waals surface area contributed by atoms with Crippen LogP contribution in [0.4, 0.5) is 0 Å². The standard InChI is InChI=1S/C5H10O2.C4H5NO3.H2S/c1-3-5(6)7-4-2;6-3-1-2-4(7)5(3)8;/h3-4H2,1-2H3;8H,1-2H2;1H2. The van der Waals surface area contributed by atoms with Crippen LogP contribution in [0.5, 0.6) is 0 Å². The number of carbonyl (C=O) groups excluding carboxylic acids is 3. The zero-order chi connectivity index (χ0) is 11.8. The highest BCUT2D eigenvalue weighted by Crippen LogP contribution is 2.06. The molecule has 0 unspecified atom stereocenters. The van der Waals surface area contributed by atoms with E-state index in [0.29, 0.717) is 13.0 Å². The number of hydrogen-bond acceptors (Lipinski definition) is 5. The lowest BCUT2D eigenvalue weighted by Crippen LogP contribution is -2.24. The fourth-order valence-electron chi connectivity index (χ4n) is 0.828. The van der Waals surface area contributed by atoms with Crippen molar-refractivity contribution in [2.24, 2.45) is 0 Å². The smallest absolute Gasteiger partial charge is 0.305 e. The van der Waals surface area contributed by atoms with Crippen LogP contribution in [0.2, 0.25) is 0 Å². The number of imide groups is 1. The fourth-order valence-corrected chi connectivity index (χ4v) is 0.828. The first-order valence-corrected chi connectivity index (χ1v) is 4.73. The molecule has 0 saturated carbocycles. The van der Waals surface area contributed by atoms with Crippen LogP contribution in [-0.2, 0) is 19.1 Å². The number of nitrogens with zero attached hydrogens (tertiary/aromatic N) is 1. The summed E-state index contributed by atoms with van der Waals surface area (Å²) in [6.45, 7) is 4.07. The van der Waals surface area contributed by atoms with Gasteiger partial charge in [-0.15, -0.1) is 0 Å². The lowest BCUT2D eigenvalue weighted by atomic mass is 10.4. The van der Waals surface area contributed by atoms with Crippen molar-refractivity contribution < 1.29 is 24.3 Å². The van der Waals surface area contributed by atoms with Crippen LogP contribution < -0.4 is 0 Å². The van der Waals surface area contributed by atoms with Gasteiger partial charge in [0.05, 0.1) is 6.61 Å². The molecule has 1 aliphatic rings. The van der Waals surface area contributed by atoms with Gasteiger partial charge >= 0.3 is 5.97 Å². The summed E-state index contributed by atoms with van der Waals surface area (Å²) in [5, 5.41) is 8.57. The predicted molar refractivity (Wildman–Crippen MR) is 60.2 cm³/mol. The van der Waals surface area contributed by atoms with E-state index in [0.717, 1.165) is 0 Å². The topological polar surface area (TPSA) is 83.9 Å². The van der Waals surface area contributed by atoms with Crippen molar-refractivity contribution in [1.29, 1.82) is 0 Å². The van der Waals surface area contributed by atoms with Crippen LogP contribution in [0.15, 0.2) is 0 Å². The number of carbonyl (C=O) groups is 3. The molecule has 7 heteroatoms. The Hall–Kier alpha value is -1.08. The summed E-state index contributed by atoms with van der Waals surface area (Å²) < 4.78 is 4.55. The minimum Gasteiger partial charge on any atom is -0.466 e. The maximum absolute atomic E-state index is 10.2. The van der Waals surface area contributed by atoms with Crippen LogP contribution in [-0.4, -0.2) is 34.7 Å². The van der Waals surface area contributed by atoms with E-state index in [1.165, 1.54) is 0 Å². The summed E-state index contributed by atoms with van der Waals surface area (Å²) in [5.41, 5.74) is 0. The third kappa shape index (κ3) is 6.41. The van der Waals surface area contributed by atoms with E-state index in [-0.39, 0.29) is 37.4 Å². The van der Waals surface area contributed by atoms with Gasteiger partial charge in [0, 0.05) is 19.3 Å². The second kappa shape index (κ2) is 9.17. The molecule has 94 valence electrons. The second-order valence-corrected chi connectivity index (χ2v) is 2.76. The first kappa shape index (κ1) is 17.3. The van der Waals surface area contributed by atoms with Crippen LogP contribution in [0.3, 0.4) is 0 Å². The van der Waals surface area contributed by atoms with E-state index in [1.807, 2.05) is 0 Å². The molecule has 1 N–H and O–H groups in total. The highest BCUT2D eigenvalue weighted by atomic mass is 32.1. The number of hydroxylamine groups is 2. The Bertz CT molecular complexity index is 240. The van der Waals surface area contributed by atoms with Gasteiger partial charge in [-0.2, -0.15) is 18.6 Å². The van der Waals surface area contributed by atoms with E-state index >= 15 is 0 Å². The third-order valence-electron chi connectivity index (χ3n) is 1.62. The number of amides is 2. The van der Waals surface area contributed by atoms with Gasteiger partial charge < -0.3 is 4.74 Å². The molecule has 0 radical (unpaired) electrons. The zero-order valence-electron chi connectivity index (χ0n) is 9.36. The SMILES string of the molecule is CCOC(=O)CC.O=C1CCC(=O)N1O.S. The Morgan fingerprint density at radius 1 is 1.31 bits per heavy atom. The van der Waals surface area contributed by atoms with Crippen molar-refractivity contribution in [2.45, 2.75) is 33.1 Å². The largest absolute Gasteiger partial charge is 0.466 e. The molecule has 0 bridgehead atoms. The summed E-state index contributed by atoms with van der Waals surface area (Å²) in [7, 11) is 0. The van der Waals surface area contributed by atoms with Crippen molar-refractivity contribution in [3.05, 3.63) is 0 Å². The molecule has 2 amide bonds. The molecular formula is C9H17NO5S. The molecule has 1 saturated heterocycles. The van der Waals surface area contributed by atoms with Crippen molar-refractivity contribution >= 4 is 31.3 Å². The number of hydrogen-bond donors (Lipinski definition) is 1. The highest BCUT2D eigenvalue weighted by molar-refractivity contribution is 7.59. The van der Waals surface area contributed by atoms with Crippen molar-refractivity contribution in [2.75, 3.05) is 6.61 Å². The maximum atomic E-state index is 10.2. The van der Waals surface area contributed by atoms with Gasteiger partial charge in [0.1, 0.15) is 0 Å². The number of ether oxygens (including phenoxy) is 1. The Labute approximate surface area is 101 Å². The van der Waals surface area contributed by atoms with Crippen molar-refractivity contribution in [1.82, 2.24) is 5.06 Å². The molecule has 0 aromatic carbocycles. The van der Waals surface area contributed by atoms with Gasteiger partial charge in [0.2, 0.25) is 0 Å². The zero-order valence-corrected chi connectivity index (χ0v) is 10.4. The Balaban J connectivity index is 0. The minimum absolute atomic E-state index is 0. The first-order chi connectivity index (χ1) is 7.02. The molecule has 1 heterocycles. The second-order valence-electron chi connectivity index (χ2n) is 2.76. The molecule has 1 rings (SSSR count). The summed E-state index contributed by atoms with van der Waals surface area (Å²) in [6, 6.07) is 0. The number of rotatable bonds is 2. The average Bonchev–Trinajstić information content (AvgIpc) is 2.51. The fraction of sp³-hybridized carbons (Fsp3) is 0.667. The van der Waals surface area contributed by atoms with Gasteiger partial charge in [0.25, 0.3) is 11.8 Å². The lowest BCUT2D eigenvalue weighted by molar-refractivity contribution is -0.171. The van der Waals surface area contributed by atoms with E-state index in [1.54, 1.807) is 13.8 Å². The van der Waals surface area contributed by atoms with E-state index in [9.17, 15) is 14.4 Å². The average molecular weight is 251 g/mol. The lowest BCUT2D eigenvalue weighted by Gasteiger charge is -1.98. The van der Waals surface area contributed by atoms with Gasteiger partial charge in [-0.25, -0.2) is 0 Å². The first-order valence-electron chi connectivity index (χ1n) is 4.73. The van der Waals surface area contributed by atoms with Crippen LogP contribution in [0.1, 0.15) is 33.1 Å². The quantitative estimate of drug-likeness (QED) is 0.441. The molecule has 1 fully saturated rings. The molecule has 1 aliphatic heterocycles. The highest BCUT2D eigenvalue weighted by Gasteiger charge is 2.26. The summed E-state index contributed by atoms with van der Waals surface area (Å²) in [4.78, 5) is 30.7. The van der Waals surface area contributed by atoms with Crippen LogP contribution >= 0.6 is 13.5 Å². The molecule has 0 aromatic heterocycles. The normalized spacial score (nSPS) is 13.8. The molecule has 16 heavy (non-hydrogen) atoms. The van der Waals surface area contributed by atoms with E-state index < -0.39 is 11.8 Å². The summed E-state index contributed by atoms with van der Waals surface area (Å²) in [5.74, 6) is -1.13. The molecular weight excluding hydrogens is 234 g/mol. The Morgan fingerprint density at radius 3 is 1.88 bits per heavy atom. The monoisotopic (exact) mass is 251 g/mol. The maximum Gasteiger partial charge on any atom is 0.305 e. The summed E-state index contributed by atoms with van der Waals surface area (Å²) in [6.07, 6.45) is 0.776. The minimum atomic E-state index is -0.505. The molecule has 0 atom stereocenters. The molecule has 0 aliphatic carbocycles. The van der Waals surface area contributed by atoms with E-state index in [4.69, 9.17) is 5.21 Å². The van der Waals surface area contributed by atoms with E-state index in [2.05, 4.69) is 4.74 Å². The number of esters is 1. The predicted octanol–water partition coefficient (Wildman–Crippen LogP) is 0.597. The van der Waals surface area contributed by atoms with Gasteiger partial charge in [0.15, 0.2) is 0 Å². The van der Waals surface area contributed by atoms with Crippen LogP contribution in [0.25, 0.3) is 0 Å². The summed E-state index contributed by atoms with van der Waals surface area (Å²) >= 11 is 0. The van der Waals surface area contributed by atoms with Gasteiger partial charge in [-0.3, -0.25) is 19.6 Å². The molecule has 0 spiro atoms. The Morgan fingerprint density at radius 2 is 1.75 bits per heavy atom. The molecule has 0 aromatic rings. The van der Waals surface area contributed by atoms with Crippen molar-refractivity contribution in [3.63, 3.8) is 0 Å². The Kier molecular flexibility index (Phi) is 9.92. The molecule has 6 nitrogen and oxygen atoms in total. The third-order valence-corrected chi connectivity index (χ3v) is 1.62. The van der Waals surface area contributed by atoms with Gasteiger partial charge in [-0.1, -0.05) is 6.92 Å².